The van der Waals surface area contributed by atoms with Gasteiger partial charge in [-0.15, -0.1) is 11.6 Å². The van der Waals surface area contributed by atoms with E-state index in [2.05, 4.69) is 28.5 Å². The lowest BCUT2D eigenvalue weighted by Crippen LogP contribution is -2.10. The first-order valence-electron chi connectivity index (χ1n) is 5.52. The third-order valence-electron chi connectivity index (χ3n) is 2.74. The van der Waals surface area contributed by atoms with E-state index in [0.717, 1.165) is 29.1 Å². The predicted octanol–water partition coefficient (Wildman–Crippen LogP) is 2.44. The van der Waals surface area contributed by atoms with Gasteiger partial charge in [-0.3, -0.25) is 4.68 Å². The minimum atomic E-state index is 0.373. The van der Waals surface area contributed by atoms with E-state index < -0.39 is 0 Å². The van der Waals surface area contributed by atoms with Gasteiger partial charge >= 0.3 is 0 Å². The monoisotopic (exact) mass is 240 g/mol. The fourth-order valence-electron chi connectivity index (χ4n) is 2.14. The Balaban J connectivity index is 2.72. The second-order valence-corrected chi connectivity index (χ2v) is 4.69. The van der Waals surface area contributed by atoms with Crippen molar-refractivity contribution in [2.45, 2.75) is 33.2 Å². The van der Waals surface area contributed by atoms with Crippen LogP contribution in [0.5, 0.6) is 0 Å². The number of hydrogen-bond acceptors (Lipinski definition) is 2. The molecule has 0 radical (unpaired) electrons. The maximum absolute atomic E-state index is 5.81. The summed E-state index contributed by atoms with van der Waals surface area (Å²) in [4.78, 5) is 4.64. The predicted molar refractivity (Wildman–Crippen MR) is 66.0 cm³/mol. The third kappa shape index (κ3) is 1.61. The summed E-state index contributed by atoms with van der Waals surface area (Å²) in [6.07, 6.45) is 0.799. The summed E-state index contributed by atoms with van der Waals surface area (Å²) in [5, 5.41) is 4.39. The average molecular weight is 241 g/mol. The van der Waals surface area contributed by atoms with Crippen LogP contribution in [0, 0.1) is 6.92 Å². The Labute approximate surface area is 100 Å². The van der Waals surface area contributed by atoms with Crippen molar-refractivity contribution in [3.8, 4) is 0 Å². The van der Waals surface area contributed by atoms with Crippen LogP contribution >= 0.6 is 11.6 Å². The highest BCUT2D eigenvalue weighted by molar-refractivity contribution is 6.17. The number of nitrogens with zero attached hydrogens (tertiary/aromatic N) is 4. The van der Waals surface area contributed by atoms with Crippen LogP contribution in [0.15, 0.2) is 0 Å². The number of rotatable bonds is 3. The first-order chi connectivity index (χ1) is 7.56. The minimum absolute atomic E-state index is 0.373. The van der Waals surface area contributed by atoms with Crippen LogP contribution < -0.4 is 0 Å². The van der Waals surface area contributed by atoms with Crippen molar-refractivity contribution >= 4 is 22.8 Å². The molecule has 4 nitrogen and oxygen atoms in total. The zero-order valence-electron chi connectivity index (χ0n) is 10.2. The lowest BCUT2D eigenvalue weighted by molar-refractivity contribution is 0.569. The molecule has 0 spiro atoms. The Kier molecular flexibility index (Phi) is 2.93. The van der Waals surface area contributed by atoms with Gasteiger partial charge in [-0.05, 0) is 20.8 Å². The van der Waals surface area contributed by atoms with Gasteiger partial charge in [-0.25, -0.2) is 4.98 Å². The first-order valence-corrected chi connectivity index (χ1v) is 6.06. The molecule has 2 rings (SSSR count). The summed E-state index contributed by atoms with van der Waals surface area (Å²) in [7, 11) is 1.96. The molecule has 2 heterocycles. The van der Waals surface area contributed by atoms with Crippen molar-refractivity contribution < 1.29 is 0 Å². The number of alkyl halides is 1. The SMILES string of the molecule is Cc1nn(C)c2c1nc(CCCl)n2C(C)C. The number of fused-ring (bicyclic) bond motifs is 1. The van der Waals surface area contributed by atoms with E-state index >= 15 is 0 Å². The number of hydrogen-bond donors (Lipinski definition) is 0. The Morgan fingerprint density at radius 2 is 2.06 bits per heavy atom. The zero-order valence-corrected chi connectivity index (χ0v) is 10.9. The largest absolute Gasteiger partial charge is 0.310 e. The van der Waals surface area contributed by atoms with Gasteiger partial charge in [0.2, 0.25) is 0 Å². The molecule has 16 heavy (non-hydrogen) atoms. The number of imidazole rings is 1. The summed E-state index contributed by atoms with van der Waals surface area (Å²) in [6.45, 7) is 6.30. The van der Waals surface area contributed by atoms with Crippen molar-refractivity contribution in [3.05, 3.63) is 11.5 Å². The minimum Gasteiger partial charge on any atom is -0.310 e. The number of aromatic nitrogens is 4. The molecule has 0 amide bonds. The van der Waals surface area contributed by atoms with Gasteiger partial charge in [0.05, 0.1) is 5.69 Å². The quantitative estimate of drug-likeness (QED) is 0.773. The van der Waals surface area contributed by atoms with Gasteiger partial charge in [0, 0.05) is 25.4 Å². The maximum Gasteiger partial charge on any atom is 0.158 e. The normalized spacial score (nSPS) is 11.9. The fourth-order valence-corrected chi connectivity index (χ4v) is 2.31. The maximum atomic E-state index is 5.81. The molecule has 0 N–H and O–H groups in total. The molecular formula is C11H17ClN4. The number of aryl methyl sites for hydroxylation is 3. The molecule has 0 bridgehead atoms. The van der Waals surface area contributed by atoms with Crippen molar-refractivity contribution in [1.29, 1.82) is 0 Å². The standard InChI is InChI=1S/C11H17ClN4/c1-7(2)16-9(5-6-12)13-10-8(3)14-15(4)11(10)16/h7H,5-6H2,1-4H3. The van der Waals surface area contributed by atoms with Crippen LogP contribution in [0.2, 0.25) is 0 Å². The summed E-state index contributed by atoms with van der Waals surface area (Å²) >= 11 is 5.81. The Morgan fingerprint density at radius 3 is 2.62 bits per heavy atom. The second-order valence-electron chi connectivity index (χ2n) is 4.31. The summed E-state index contributed by atoms with van der Waals surface area (Å²) in [5.41, 5.74) is 3.07. The van der Waals surface area contributed by atoms with Crippen molar-refractivity contribution in [3.63, 3.8) is 0 Å². The summed E-state index contributed by atoms with van der Waals surface area (Å²) in [5.74, 6) is 1.65. The molecular weight excluding hydrogens is 224 g/mol. The van der Waals surface area contributed by atoms with E-state index in [0.29, 0.717) is 11.9 Å². The van der Waals surface area contributed by atoms with E-state index in [1.807, 2.05) is 18.7 Å². The second kappa shape index (κ2) is 4.09. The van der Waals surface area contributed by atoms with Crippen LogP contribution in [0.4, 0.5) is 0 Å². The van der Waals surface area contributed by atoms with Crippen molar-refractivity contribution in [2.24, 2.45) is 7.05 Å². The van der Waals surface area contributed by atoms with E-state index in [1.54, 1.807) is 0 Å². The lowest BCUT2D eigenvalue weighted by atomic mass is 10.3. The van der Waals surface area contributed by atoms with E-state index in [9.17, 15) is 0 Å². The molecule has 0 saturated heterocycles. The van der Waals surface area contributed by atoms with E-state index in [4.69, 9.17) is 11.6 Å². The molecule has 0 atom stereocenters. The van der Waals surface area contributed by atoms with Crippen LogP contribution in [-0.4, -0.2) is 25.2 Å². The van der Waals surface area contributed by atoms with Crippen LogP contribution in [-0.2, 0) is 13.5 Å². The van der Waals surface area contributed by atoms with Gasteiger partial charge in [0.1, 0.15) is 11.3 Å². The Hall–Kier alpha value is -1.03. The van der Waals surface area contributed by atoms with Crippen LogP contribution in [0.3, 0.4) is 0 Å². The average Bonchev–Trinajstić information content (AvgIpc) is 2.68. The zero-order chi connectivity index (χ0) is 11.9. The van der Waals surface area contributed by atoms with Gasteiger partial charge in [0.15, 0.2) is 5.65 Å². The number of halogens is 1. The highest BCUT2D eigenvalue weighted by Gasteiger charge is 2.18. The molecule has 0 aliphatic carbocycles. The molecule has 2 aromatic heterocycles. The molecule has 88 valence electrons. The fraction of sp³-hybridized carbons (Fsp3) is 0.636. The van der Waals surface area contributed by atoms with Gasteiger partial charge < -0.3 is 4.57 Å². The van der Waals surface area contributed by atoms with Crippen LogP contribution in [0.1, 0.15) is 31.4 Å². The molecule has 5 heteroatoms. The van der Waals surface area contributed by atoms with Crippen molar-refractivity contribution in [1.82, 2.24) is 19.3 Å². The van der Waals surface area contributed by atoms with Crippen LogP contribution in [0.25, 0.3) is 11.2 Å². The molecule has 0 aromatic carbocycles. The third-order valence-corrected chi connectivity index (χ3v) is 2.93. The molecule has 2 aromatic rings. The highest BCUT2D eigenvalue weighted by Crippen LogP contribution is 2.23. The summed E-state index contributed by atoms with van der Waals surface area (Å²) < 4.78 is 4.12. The molecule has 0 aliphatic heterocycles. The molecule has 0 fully saturated rings. The smallest absolute Gasteiger partial charge is 0.158 e. The Bertz CT molecular complexity index is 509. The summed E-state index contributed by atoms with van der Waals surface area (Å²) in [6, 6.07) is 0.373. The molecule has 0 saturated carbocycles. The topological polar surface area (TPSA) is 35.6 Å². The Morgan fingerprint density at radius 1 is 1.38 bits per heavy atom. The van der Waals surface area contributed by atoms with E-state index in [1.165, 1.54) is 0 Å². The molecule has 0 aliphatic rings. The lowest BCUT2D eigenvalue weighted by Gasteiger charge is -2.12. The highest BCUT2D eigenvalue weighted by atomic mass is 35.5. The first kappa shape index (κ1) is 11.5. The van der Waals surface area contributed by atoms with Gasteiger partial charge in [-0.1, -0.05) is 0 Å². The van der Waals surface area contributed by atoms with Gasteiger partial charge in [0.25, 0.3) is 0 Å². The van der Waals surface area contributed by atoms with Crippen molar-refractivity contribution in [2.75, 3.05) is 5.88 Å². The van der Waals surface area contributed by atoms with E-state index in [-0.39, 0.29) is 0 Å². The van der Waals surface area contributed by atoms with Gasteiger partial charge in [-0.2, -0.15) is 5.10 Å². The molecule has 0 unspecified atom stereocenters.